The van der Waals surface area contributed by atoms with Crippen molar-refractivity contribution in [3.8, 4) is 0 Å². The topological polar surface area (TPSA) is 59.5 Å². The molecule has 24 heavy (non-hydrogen) atoms. The maximum Gasteiger partial charge on any atom is 0.287 e. The van der Waals surface area contributed by atoms with Gasteiger partial charge < -0.3 is 14.1 Å². The Labute approximate surface area is 153 Å². The number of carbonyl (C=O) groups is 1. The van der Waals surface area contributed by atoms with E-state index in [4.69, 9.17) is 4.42 Å². The third-order valence-electron chi connectivity index (χ3n) is 3.61. The molecule has 0 aliphatic heterocycles. The lowest BCUT2D eigenvalue weighted by Gasteiger charge is -1.99. The molecule has 0 atom stereocenters. The van der Waals surface area contributed by atoms with Crippen molar-refractivity contribution in [1.82, 2.24) is 14.7 Å². The van der Waals surface area contributed by atoms with Crippen molar-refractivity contribution in [2.75, 3.05) is 0 Å². The van der Waals surface area contributed by atoms with Gasteiger partial charge in [-0.25, -0.2) is 4.98 Å². The van der Waals surface area contributed by atoms with Crippen molar-refractivity contribution in [3.63, 3.8) is 0 Å². The number of halogens is 2. The quantitative estimate of drug-likeness (QED) is 0.500. The number of hydrogen-bond donors (Lipinski definition) is 1. The molecule has 0 aliphatic rings. The zero-order valence-electron chi connectivity index (χ0n) is 12.3. The Morgan fingerprint density at radius 2 is 2.08 bits per heavy atom. The minimum atomic E-state index is -0.267. The van der Waals surface area contributed by atoms with Crippen LogP contribution in [-0.4, -0.2) is 15.3 Å². The highest BCUT2D eigenvalue weighted by Gasteiger charge is 2.14. The van der Waals surface area contributed by atoms with Crippen molar-refractivity contribution in [3.05, 3.63) is 69.2 Å². The van der Waals surface area contributed by atoms with E-state index in [1.807, 2.05) is 47.1 Å². The van der Waals surface area contributed by atoms with Crippen LogP contribution >= 0.6 is 31.9 Å². The van der Waals surface area contributed by atoms with Crippen LogP contribution in [0.5, 0.6) is 0 Å². The van der Waals surface area contributed by atoms with Gasteiger partial charge >= 0.3 is 0 Å². The van der Waals surface area contributed by atoms with Crippen molar-refractivity contribution in [1.29, 1.82) is 0 Å². The average molecular weight is 449 g/mol. The molecule has 7 heteroatoms. The maximum absolute atomic E-state index is 12.3. The van der Waals surface area contributed by atoms with Crippen LogP contribution in [0.25, 0.3) is 16.6 Å². The lowest BCUT2D eigenvalue weighted by Crippen LogP contribution is -2.22. The standard InChI is InChI=1S/C17H11Br2N3O2/c18-11-4-5-15-21-12(9-22(15)8-11)7-20-17(23)14-6-10-2-1-3-13(19)16(10)24-14/h1-6,8-9H,7H2,(H,20,23). The number of aromatic nitrogens is 2. The second kappa shape index (κ2) is 6.07. The van der Waals surface area contributed by atoms with Crippen LogP contribution in [0.15, 0.2) is 62.2 Å². The molecule has 0 radical (unpaired) electrons. The molecule has 0 bridgehead atoms. The van der Waals surface area contributed by atoms with Crippen LogP contribution in [-0.2, 0) is 6.54 Å². The number of rotatable bonds is 3. The van der Waals surface area contributed by atoms with Gasteiger partial charge in [-0.2, -0.15) is 0 Å². The first-order valence-corrected chi connectivity index (χ1v) is 8.78. The Morgan fingerprint density at radius 3 is 2.92 bits per heavy atom. The smallest absolute Gasteiger partial charge is 0.287 e. The normalized spacial score (nSPS) is 11.2. The highest BCUT2D eigenvalue weighted by atomic mass is 79.9. The lowest BCUT2D eigenvalue weighted by molar-refractivity contribution is 0.0925. The van der Waals surface area contributed by atoms with E-state index in [-0.39, 0.29) is 11.7 Å². The molecule has 0 fully saturated rings. The molecule has 1 amide bonds. The Hall–Kier alpha value is -2.12. The van der Waals surface area contributed by atoms with Gasteiger partial charge in [0.15, 0.2) is 5.76 Å². The fourth-order valence-corrected chi connectivity index (χ4v) is 3.31. The summed E-state index contributed by atoms with van der Waals surface area (Å²) in [5.74, 6) is 0.0137. The van der Waals surface area contributed by atoms with Crippen molar-refractivity contribution in [2.45, 2.75) is 6.54 Å². The maximum atomic E-state index is 12.3. The fourth-order valence-electron chi connectivity index (χ4n) is 2.50. The molecule has 1 N–H and O–H groups in total. The van der Waals surface area contributed by atoms with E-state index in [1.165, 1.54) is 0 Å². The number of nitrogens with one attached hydrogen (secondary N) is 1. The fraction of sp³-hybridized carbons (Fsp3) is 0.0588. The first-order valence-electron chi connectivity index (χ1n) is 7.19. The number of imidazole rings is 1. The second-order valence-corrected chi connectivity index (χ2v) is 7.07. The Bertz CT molecular complexity index is 1070. The largest absolute Gasteiger partial charge is 0.450 e. The molecule has 0 spiro atoms. The van der Waals surface area contributed by atoms with E-state index in [2.05, 4.69) is 42.2 Å². The van der Waals surface area contributed by atoms with Crippen LogP contribution in [0.4, 0.5) is 0 Å². The molecule has 4 aromatic rings. The summed E-state index contributed by atoms with van der Waals surface area (Å²) < 4.78 is 9.33. The monoisotopic (exact) mass is 447 g/mol. The van der Waals surface area contributed by atoms with E-state index in [0.717, 1.165) is 25.7 Å². The molecule has 4 rings (SSSR count). The summed E-state index contributed by atoms with van der Waals surface area (Å²) in [5.41, 5.74) is 2.27. The molecular formula is C17H11Br2N3O2. The van der Waals surface area contributed by atoms with Crippen LogP contribution in [0.2, 0.25) is 0 Å². The molecule has 120 valence electrons. The van der Waals surface area contributed by atoms with Crippen molar-refractivity contribution in [2.24, 2.45) is 0 Å². The minimum Gasteiger partial charge on any atom is -0.450 e. The van der Waals surface area contributed by atoms with Gasteiger partial charge in [0.05, 0.1) is 16.7 Å². The van der Waals surface area contributed by atoms with Crippen LogP contribution in [0.1, 0.15) is 16.2 Å². The molecule has 0 aliphatic carbocycles. The van der Waals surface area contributed by atoms with E-state index < -0.39 is 0 Å². The summed E-state index contributed by atoms with van der Waals surface area (Å²) in [6.07, 6.45) is 3.81. The van der Waals surface area contributed by atoms with Crippen LogP contribution < -0.4 is 5.32 Å². The number of para-hydroxylation sites is 1. The van der Waals surface area contributed by atoms with Gasteiger partial charge in [-0.3, -0.25) is 4.79 Å². The van der Waals surface area contributed by atoms with E-state index in [0.29, 0.717) is 12.1 Å². The van der Waals surface area contributed by atoms with Gasteiger partial charge in [0.1, 0.15) is 11.2 Å². The Morgan fingerprint density at radius 1 is 1.21 bits per heavy atom. The van der Waals surface area contributed by atoms with E-state index in [1.54, 1.807) is 6.07 Å². The number of fused-ring (bicyclic) bond motifs is 2. The molecule has 3 heterocycles. The van der Waals surface area contributed by atoms with Crippen LogP contribution in [0, 0.1) is 0 Å². The van der Waals surface area contributed by atoms with Crippen molar-refractivity contribution >= 4 is 54.4 Å². The predicted molar refractivity (Wildman–Crippen MR) is 98.0 cm³/mol. The van der Waals surface area contributed by atoms with Crippen LogP contribution in [0.3, 0.4) is 0 Å². The molecule has 0 unspecified atom stereocenters. The van der Waals surface area contributed by atoms with Gasteiger partial charge in [0, 0.05) is 22.3 Å². The Balaban J connectivity index is 1.53. The SMILES string of the molecule is O=C(NCc1cn2cc(Br)ccc2n1)c1cc2cccc(Br)c2o1. The number of hydrogen-bond acceptors (Lipinski definition) is 3. The Kier molecular flexibility index (Phi) is 3.90. The summed E-state index contributed by atoms with van der Waals surface area (Å²) in [5, 5.41) is 3.72. The third kappa shape index (κ3) is 2.85. The molecule has 3 aromatic heterocycles. The molecule has 1 aromatic carbocycles. The highest BCUT2D eigenvalue weighted by molar-refractivity contribution is 9.11. The summed E-state index contributed by atoms with van der Waals surface area (Å²) in [6.45, 7) is 0.330. The zero-order valence-corrected chi connectivity index (χ0v) is 15.5. The summed E-state index contributed by atoms with van der Waals surface area (Å²) in [6, 6.07) is 11.3. The predicted octanol–water partition coefficient (Wildman–Crippen LogP) is 4.54. The molecule has 0 saturated carbocycles. The van der Waals surface area contributed by atoms with Gasteiger partial charge in [-0.1, -0.05) is 12.1 Å². The summed E-state index contributed by atoms with van der Waals surface area (Å²) >= 11 is 6.84. The first kappa shape index (κ1) is 15.4. The number of furan rings is 1. The molecular weight excluding hydrogens is 438 g/mol. The lowest BCUT2D eigenvalue weighted by atomic mass is 10.2. The zero-order chi connectivity index (χ0) is 16.7. The number of carbonyl (C=O) groups excluding carboxylic acids is 1. The first-order chi connectivity index (χ1) is 11.6. The number of benzene rings is 1. The summed E-state index contributed by atoms with van der Waals surface area (Å²) in [7, 11) is 0. The van der Waals surface area contributed by atoms with Gasteiger partial charge in [-0.05, 0) is 56.1 Å². The van der Waals surface area contributed by atoms with E-state index >= 15 is 0 Å². The minimum absolute atomic E-state index is 0.267. The second-order valence-electron chi connectivity index (χ2n) is 5.30. The van der Waals surface area contributed by atoms with Gasteiger partial charge in [0.2, 0.25) is 0 Å². The molecule has 5 nitrogen and oxygen atoms in total. The average Bonchev–Trinajstić information content (AvgIpc) is 3.16. The third-order valence-corrected chi connectivity index (χ3v) is 4.71. The van der Waals surface area contributed by atoms with E-state index in [9.17, 15) is 4.79 Å². The van der Waals surface area contributed by atoms with Crippen molar-refractivity contribution < 1.29 is 9.21 Å². The number of pyridine rings is 1. The summed E-state index contributed by atoms with van der Waals surface area (Å²) in [4.78, 5) is 16.8. The highest BCUT2D eigenvalue weighted by Crippen LogP contribution is 2.26. The van der Waals surface area contributed by atoms with Gasteiger partial charge in [0.25, 0.3) is 5.91 Å². The molecule has 0 saturated heterocycles. The number of nitrogens with zero attached hydrogens (tertiary/aromatic N) is 2. The van der Waals surface area contributed by atoms with Gasteiger partial charge in [-0.15, -0.1) is 0 Å². The number of amides is 1.